The molecular formula is C20H31N3O3. The first-order chi connectivity index (χ1) is 12.4. The van der Waals surface area contributed by atoms with Crippen LogP contribution < -0.4 is 15.8 Å². The molecule has 0 spiro atoms. The Hall–Kier alpha value is -2.08. The van der Waals surface area contributed by atoms with Crippen LogP contribution in [0, 0.1) is 19.8 Å². The topological polar surface area (TPSA) is 84.7 Å². The maximum absolute atomic E-state index is 12.3. The van der Waals surface area contributed by atoms with Crippen molar-refractivity contribution in [1.29, 1.82) is 0 Å². The minimum Gasteiger partial charge on any atom is -0.483 e. The van der Waals surface area contributed by atoms with Gasteiger partial charge in [-0.3, -0.25) is 9.59 Å². The fourth-order valence-electron chi connectivity index (χ4n) is 3.13. The highest BCUT2D eigenvalue weighted by molar-refractivity contribution is 5.95. The van der Waals surface area contributed by atoms with Gasteiger partial charge in [-0.1, -0.05) is 6.92 Å². The zero-order chi connectivity index (χ0) is 19.1. The van der Waals surface area contributed by atoms with Crippen LogP contribution in [-0.2, 0) is 4.79 Å². The number of hydrogen-bond acceptors (Lipinski definition) is 4. The molecule has 1 heterocycles. The van der Waals surface area contributed by atoms with Crippen LogP contribution in [0.3, 0.4) is 0 Å². The minimum absolute atomic E-state index is 0.0288. The summed E-state index contributed by atoms with van der Waals surface area (Å²) in [4.78, 5) is 26.4. The SMILES string of the molecule is Cc1cc(C(=O)NCC(C)CN)cc(C)c1OCC(=O)N1CCCCC1. The van der Waals surface area contributed by atoms with E-state index in [1.54, 1.807) is 12.1 Å². The van der Waals surface area contributed by atoms with Gasteiger partial charge in [0, 0.05) is 25.2 Å². The normalized spacial score (nSPS) is 15.5. The van der Waals surface area contributed by atoms with Gasteiger partial charge in [-0.05, 0) is 68.8 Å². The lowest BCUT2D eigenvalue weighted by Gasteiger charge is -2.26. The standard InChI is InChI=1S/C20H31N3O3/c1-14(11-21)12-22-20(25)17-9-15(2)19(16(3)10-17)26-13-18(24)23-7-5-4-6-8-23/h9-10,14H,4-8,11-13,21H2,1-3H3,(H,22,25). The molecule has 1 unspecified atom stereocenters. The van der Waals surface area contributed by atoms with Gasteiger partial charge in [-0.15, -0.1) is 0 Å². The van der Waals surface area contributed by atoms with E-state index in [-0.39, 0.29) is 24.3 Å². The van der Waals surface area contributed by atoms with Crippen molar-refractivity contribution in [3.63, 3.8) is 0 Å². The van der Waals surface area contributed by atoms with Crippen molar-refractivity contribution < 1.29 is 14.3 Å². The second-order valence-electron chi connectivity index (χ2n) is 7.22. The first-order valence-corrected chi connectivity index (χ1v) is 9.42. The number of rotatable bonds is 7. The number of piperidine rings is 1. The fourth-order valence-corrected chi connectivity index (χ4v) is 3.13. The van der Waals surface area contributed by atoms with E-state index in [4.69, 9.17) is 10.5 Å². The predicted octanol–water partition coefficient (Wildman–Crippen LogP) is 2.02. The number of nitrogens with two attached hydrogens (primary N) is 1. The van der Waals surface area contributed by atoms with E-state index in [2.05, 4.69) is 5.32 Å². The van der Waals surface area contributed by atoms with Crippen molar-refractivity contribution in [2.75, 3.05) is 32.8 Å². The van der Waals surface area contributed by atoms with Crippen molar-refractivity contribution >= 4 is 11.8 Å². The summed E-state index contributed by atoms with van der Waals surface area (Å²) in [5, 5.41) is 2.90. The van der Waals surface area contributed by atoms with E-state index < -0.39 is 0 Å². The van der Waals surface area contributed by atoms with Crippen LogP contribution in [0.1, 0.15) is 47.7 Å². The molecule has 2 amide bonds. The maximum atomic E-state index is 12.3. The molecule has 3 N–H and O–H groups in total. The lowest BCUT2D eigenvalue weighted by Crippen LogP contribution is -2.38. The monoisotopic (exact) mass is 361 g/mol. The van der Waals surface area contributed by atoms with Crippen LogP contribution in [0.2, 0.25) is 0 Å². The van der Waals surface area contributed by atoms with Gasteiger partial charge in [-0.2, -0.15) is 0 Å². The van der Waals surface area contributed by atoms with Crippen molar-refractivity contribution in [1.82, 2.24) is 10.2 Å². The Morgan fingerprint density at radius 3 is 2.38 bits per heavy atom. The minimum atomic E-state index is -0.118. The summed E-state index contributed by atoms with van der Waals surface area (Å²) in [6, 6.07) is 3.60. The predicted molar refractivity (Wildman–Crippen MR) is 102 cm³/mol. The third-order valence-corrected chi connectivity index (χ3v) is 4.78. The second-order valence-corrected chi connectivity index (χ2v) is 7.22. The summed E-state index contributed by atoms with van der Waals surface area (Å²) in [6.45, 7) is 8.56. The quantitative estimate of drug-likeness (QED) is 0.778. The Bertz CT molecular complexity index is 616. The van der Waals surface area contributed by atoms with Crippen molar-refractivity contribution in [3.8, 4) is 5.75 Å². The number of likely N-dealkylation sites (tertiary alicyclic amines) is 1. The number of amides is 2. The van der Waals surface area contributed by atoms with Crippen molar-refractivity contribution in [3.05, 3.63) is 28.8 Å². The van der Waals surface area contributed by atoms with Gasteiger partial charge < -0.3 is 20.7 Å². The van der Waals surface area contributed by atoms with Crippen LogP contribution in [0.15, 0.2) is 12.1 Å². The summed E-state index contributed by atoms with van der Waals surface area (Å²) in [6.07, 6.45) is 3.32. The van der Waals surface area contributed by atoms with Gasteiger partial charge in [0.1, 0.15) is 5.75 Å². The number of carbonyl (C=O) groups is 2. The maximum Gasteiger partial charge on any atom is 0.260 e. The Labute approximate surface area is 156 Å². The first-order valence-electron chi connectivity index (χ1n) is 9.42. The largest absolute Gasteiger partial charge is 0.483 e. The molecule has 0 bridgehead atoms. The number of hydrogen-bond donors (Lipinski definition) is 2. The molecule has 0 radical (unpaired) electrons. The first kappa shape index (κ1) is 20.2. The zero-order valence-corrected chi connectivity index (χ0v) is 16.1. The molecule has 2 rings (SSSR count). The Balaban J connectivity index is 1.97. The average molecular weight is 361 g/mol. The summed E-state index contributed by atoms with van der Waals surface area (Å²) < 4.78 is 5.79. The lowest BCUT2D eigenvalue weighted by molar-refractivity contribution is -0.134. The van der Waals surface area contributed by atoms with Crippen LogP contribution >= 0.6 is 0 Å². The van der Waals surface area contributed by atoms with Crippen LogP contribution in [-0.4, -0.2) is 49.5 Å². The summed E-state index contributed by atoms with van der Waals surface area (Å²) in [7, 11) is 0. The molecule has 144 valence electrons. The Morgan fingerprint density at radius 2 is 1.81 bits per heavy atom. The number of nitrogens with zero attached hydrogens (tertiary/aromatic N) is 1. The van der Waals surface area contributed by atoms with Crippen LogP contribution in [0.4, 0.5) is 0 Å². The Morgan fingerprint density at radius 1 is 1.19 bits per heavy atom. The average Bonchev–Trinajstić information content (AvgIpc) is 2.65. The summed E-state index contributed by atoms with van der Waals surface area (Å²) in [5.74, 6) is 0.834. The number of ether oxygens (including phenoxy) is 1. The van der Waals surface area contributed by atoms with Crippen LogP contribution in [0.25, 0.3) is 0 Å². The van der Waals surface area contributed by atoms with E-state index in [0.29, 0.717) is 24.4 Å². The Kier molecular flexibility index (Phi) is 7.45. The smallest absolute Gasteiger partial charge is 0.260 e. The molecule has 6 nitrogen and oxygen atoms in total. The van der Waals surface area contributed by atoms with Gasteiger partial charge in [-0.25, -0.2) is 0 Å². The van der Waals surface area contributed by atoms with Gasteiger partial charge >= 0.3 is 0 Å². The molecule has 6 heteroatoms. The molecule has 1 aromatic carbocycles. The number of aryl methyl sites for hydroxylation is 2. The second kappa shape index (κ2) is 9.57. The third-order valence-electron chi connectivity index (χ3n) is 4.78. The van der Waals surface area contributed by atoms with Crippen molar-refractivity contribution in [2.24, 2.45) is 11.7 Å². The summed E-state index contributed by atoms with van der Waals surface area (Å²) in [5.41, 5.74) is 7.88. The highest BCUT2D eigenvalue weighted by Crippen LogP contribution is 2.25. The van der Waals surface area contributed by atoms with Gasteiger partial charge in [0.2, 0.25) is 0 Å². The van der Waals surface area contributed by atoms with E-state index in [9.17, 15) is 9.59 Å². The van der Waals surface area contributed by atoms with Gasteiger partial charge in [0.05, 0.1) is 0 Å². The molecule has 1 aliphatic heterocycles. The number of benzene rings is 1. The fraction of sp³-hybridized carbons (Fsp3) is 0.600. The molecular weight excluding hydrogens is 330 g/mol. The molecule has 0 saturated carbocycles. The molecule has 1 aromatic rings. The number of carbonyl (C=O) groups excluding carboxylic acids is 2. The van der Waals surface area contributed by atoms with E-state index in [1.165, 1.54) is 6.42 Å². The molecule has 1 fully saturated rings. The number of nitrogens with one attached hydrogen (secondary N) is 1. The van der Waals surface area contributed by atoms with Crippen LogP contribution in [0.5, 0.6) is 5.75 Å². The van der Waals surface area contributed by atoms with Crippen molar-refractivity contribution in [2.45, 2.75) is 40.0 Å². The molecule has 0 aliphatic carbocycles. The molecule has 1 atom stereocenters. The van der Waals surface area contributed by atoms with E-state index in [1.807, 2.05) is 25.7 Å². The molecule has 1 saturated heterocycles. The van der Waals surface area contributed by atoms with E-state index >= 15 is 0 Å². The molecule has 0 aromatic heterocycles. The van der Waals surface area contributed by atoms with E-state index in [0.717, 1.165) is 37.1 Å². The molecule has 26 heavy (non-hydrogen) atoms. The van der Waals surface area contributed by atoms with Gasteiger partial charge in [0.15, 0.2) is 6.61 Å². The lowest BCUT2D eigenvalue weighted by atomic mass is 10.0. The van der Waals surface area contributed by atoms with Gasteiger partial charge in [0.25, 0.3) is 11.8 Å². The summed E-state index contributed by atoms with van der Waals surface area (Å²) >= 11 is 0. The highest BCUT2D eigenvalue weighted by Gasteiger charge is 2.18. The molecule has 1 aliphatic rings. The zero-order valence-electron chi connectivity index (χ0n) is 16.1. The third kappa shape index (κ3) is 5.46. The highest BCUT2D eigenvalue weighted by atomic mass is 16.5.